The number of aromatic nitrogens is 3. The SMILES string of the molecule is Cl.Cl.c1ccc(CCc2csc(Nc3ncc(Sc4ccnc5ccsc45)cc3Oc3ccccc3)n2)cc1. The molecule has 2 aromatic carbocycles. The van der Waals surface area contributed by atoms with Crippen LogP contribution in [0.4, 0.5) is 10.9 Å². The molecule has 198 valence electrons. The fourth-order valence-electron chi connectivity index (χ4n) is 3.82. The van der Waals surface area contributed by atoms with E-state index in [0.29, 0.717) is 11.6 Å². The van der Waals surface area contributed by atoms with Gasteiger partial charge < -0.3 is 10.1 Å². The molecule has 0 radical (unpaired) electrons. The van der Waals surface area contributed by atoms with E-state index in [0.717, 1.165) is 44.7 Å². The van der Waals surface area contributed by atoms with Gasteiger partial charge in [-0.15, -0.1) is 47.5 Å². The largest absolute Gasteiger partial charge is 0.453 e. The maximum atomic E-state index is 6.27. The first-order valence-electron chi connectivity index (χ1n) is 11.8. The number of aryl methyl sites for hydroxylation is 2. The third-order valence-electron chi connectivity index (χ3n) is 5.62. The Kier molecular flexibility index (Phi) is 10.2. The Hall–Kier alpha value is -3.14. The average Bonchev–Trinajstić information content (AvgIpc) is 3.60. The lowest BCUT2D eigenvalue weighted by molar-refractivity contribution is 0.481. The predicted octanol–water partition coefficient (Wildman–Crippen LogP) is 9.46. The Bertz CT molecular complexity index is 1630. The molecule has 4 heterocycles. The van der Waals surface area contributed by atoms with Gasteiger partial charge in [0.05, 0.1) is 15.9 Å². The number of hydrogen-bond acceptors (Lipinski definition) is 8. The Labute approximate surface area is 251 Å². The second-order valence-electron chi connectivity index (χ2n) is 8.23. The van der Waals surface area contributed by atoms with Gasteiger partial charge in [-0.25, -0.2) is 9.97 Å². The van der Waals surface area contributed by atoms with Crippen LogP contribution in [0, 0.1) is 0 Å². The number of thiophene rings is 1. The second-order valence-corrected chi connectivity index (χ2v) is 11.1. The molecule has 0 aliphatic heterocycles. The Morgan fingerprint density at radius 3 is 2.46 bits per heavy atom. The lowest BCUT2D eigenvalue weighted by atomic mass is 10.1. The van der Waals surface area contributed by atoms with E-state index in [9.17, 15) is 0 Å². The van der Waals surface area contributed by atoms with Gasteiger partial charge in [-0.1, -0.05) is 60.3 Å². The van der Waals surface area contributed by atoms with Crippen LogP contribution in [0.25, 0.3) is 10.2 Å². The van der Waals surface area contributed by atoms with Gasteiger partial charge in [-0.05, 0) is 48.1 Å². The number of nitrogens with zero attached hydrogens (tertiary/aromatic N) is 3. The number of hydrogen-bond donors (Lipinski definition) is 1. The average molecular weight is 612 g/mol. The molecule has 1 N–H and O–H groups in total. The van der Waals surface area contributed by atoms with Crippen molar-refractivity contribution < 1.29 is 4.74 Å². The highest BCUT2D eigenvalue weighted by molar-refractivity contribution is 7.99. The van der Waals surface area contributed by atoms with Crippen molar-refractivity contribution in [3.05, 3.63) is 113 Å². The maximum Gasteiger partial charge on any atom is 0.188 e. The number of halogens is 2. The molecule has 0 atom stereocenters. The molecule has 0 bridgehead atoms. The first kappa shape index (κ1) is 28.9. The molecule has 0 spiro atoms. The van der Waals surface area contributed by atoms with E-state index in [4.69, 9.17) is 14.7 Å². The van der Waals surface area contributed by atoms with Crippen LogP contribution in [0.5, 0.6) is 11.5 Å². The molecule has 4 aromatic heterocycles. The highest BCUT2D eigenvalue weighted by atomic mass is 35.5. The summed E-state index contributed by atoms with van der Waals surface area (Å²) in [6.45, 7) is 0. The zero-order chi connectivity index (χ0) is 24.9. The lowest BCUT2D eigenvalue weighted by Gasteiger charge is -2.12. The van der Waals surface area contributed by atoms with E-state index in [1.54, 1.807) is 34.4 Å². The van der Waals surface area contributed by atoms with Gasteiger partial charge in [0.2, 0.25) is 0 Å². The van der Waals surface area contributed by atoms with E-state index in [1.165, 1.54) is 10.3 Å². The van der Waals surface area contributed by atoms with Gasteiger partial charge >= 0.3 is 0 Å². The van der Waals surface area contributed by atoms with Crippen LogP contribution in [0.1, 0.15) is 11.3 Å². The van der Waals surface area contributed by atoms with Gasteiger partial charge in [-0.3, -0.25) is 4.98 Å². The second kappa shape index (κ2) is 13.8. The van der Waals surface area contributed by atoms with Crippen LogP contribution in [0.2, 0.25) is 0 Å². The number of pyridine rings is 2. The Balaban J connectivity index is 0.00000176. The summed E-state index contributed by atoms with van der Waals surface area (Å²) in [5, 5.41) is 8.35. The summed E-state index contributed by atoms with van der Waals surface area (Å²) in [7, 11) is 0. The topological polar surface area (TPSA) is 59.9 Å². The molecule has 0 aliphatic rings. The summed E-state index contributed by atoms with van der Waals surface area (Å²) in [5.74, 6) is 2.03. The van der Waals surface area contributed by atoms with Gasteiger partial charge in [-0.2, -0.15) is 0 Å². The van der Waals surface area contributed by atoms with E-state index in [-0.39, 0.29) is 24.8 Å². The molecule has 0 fully saturated rings. The molecule has 39 heavy (non-hydrogen) atoms. The zero-order valence-electron chi connectivity index (χ0n) is 20.5. The number of thiazole rings is 1. The smallest absolute Gasteiger partial charge is 0.188 e. The minimum Gasteiger partial charge on any atom is -0.453 e. The van der Waals surface area contributed by atoms with Crippen molar-refractivity contribution in [2.75, 3.05) is 5.32 Å². The van der Waals surface area contributed by atoms with E-state index >= 15 is 0 Å². The van der Waals surface area contributed by atoms with Crippen LogP contribution < -0.4 is 10.1 Å². The maximum absolute atomic E-state index is 6.27. The zero-order valence-corrected chi connectivity index (χ0v) is 24.6. The molecule has 0 aliphatic carbocycles. The normalized spacial score (nSPS) is 10.5. The van der Waals surface area contributed by atoms with Crippen molar-refractivity contribution in [2.45, 2.75) is 22.6 Å². The van der Waals surface area contributed by atoms with Crippen molar-refractivity contribution in [3.63, 3.8) is 0 Å². The van der Waals surface area contributed by atoms with E-state index in [2.05, 4.69) is 45.3 Å². The number of rotatable bonds is 9. The predicted molar refractivity (Wildman–Crippen MR) is 168 cm³/mol. The lowest BCUT2D eigenvalue weighted by Crippen LogP contribution is -1.98. The Morgan fingerprint density at radius 1 is 0.846 bits per heavy atom. The van der Waals surface area contributed by atoms with Crippen LogP contribution in [-0.4, -0.2) is 15.0 Å². The van der Waals surface area contributed by atoms with Crippen LogP contribution in [-0.2, 0) is 12.8 Å². The minimum absolute atomic E-state index is 0. The number of nitrogens with one attached hydrogen (secondary N) is 1. The number of anilines is 2. The van der Waals surface area contributed by atoms with Gasteiger partial charge in [0, 0.05) is 33.6 Å². The summed E-state index contributed by atoms with van der Waals surface area (Å²) in [5.41, 5.74) is 3.38. The van der Waals surface area contributed by atoms with E-state index < -0.39 is 0 Å². The number of ether oxygens (including phenoxy) is 1. The monoisotopic (exact) mass is 610 g/mol. The minimum atomic E-state index is 0. The molecule has 0 unspecified atom stereocenters. The standard InChI is InChI=1S/C29H22N4OS3.2ClH/c1-3-7-20(8-4-1)11-12-21-19-36-29(32-21)33-28-25(34-22-9-5-2-6-10-22)17-23(18-31-28)37-26-13-15-30-24-14-16-35-27(24)26;;/h1-10,13-19H,11-12H2,(H,31,32,33);2*1H. The molecular formula is C29H24Cl2N4OS3. The van der Waals surface area contributed by atoms with Crippen molar-refractivity contribution in [1.29, 1.82) is 0 Å². The van der Waals surface area contributed by atoms with E-state index in [1.807, 2.05) is 67.0 Å². The molecule has 6 aromatic rings. The van der Waals surface area contributed by atoms with Crippen molar-refractivity contribution in [3.8, 4) is 11.5 Å². The number of fused-ring (bicyclic) bond motifs is 1. The summed E-state index contributed by atoms with van der Waals surface area (Å²) in [6, 6.07) is 26.4. The molecule has 5 nitrogen and oxygen atoms in total. The summed E-state index contributed by atoms with van der Waals surface area (Å²) >= 11 is 4.93. The summed E-state index contributed by atoms with van der Waals surface area (Å²) in [4.78, 5) is 16.1. The van der Waals surface area contributed by atoms with Crippen LogP contribution in [0.15, 0.2) is 112 Å². The number of para-hydroxylation sites is 1. The highest BCUT2D eigenvalue weighted by Crippen LogP contribution is 2.39. The van der Waals surface area contributed by atoms with Crippen molar-refractivity contribution in [1.82, 2.24) is 15.0 Å². The first-order chi connectivity index (χ1) is 18.3. The number of benzene rings is 2. The quantitative estimate of drug-likeness (QED) is 0.176. The summed E-state index contributed by atoms with van der Waals surface area (Å²) < 4.78 is 7.45. The summed E-state index contributed by atoms with van der Waals surface area (Å²) in [6.07, 6.45) is 5.57. The van der Waals surface area contributed by atoms with Gasteiger partial charge in [0.1, 0.15) is 5.75 Å². The van der Waals surface area contributed by atoms with Crippen molar-refractivity contribution >= 4 is 80.4 Å². The first-order valence-corrected chi connectivity index (χ1v) is 14.4. The van der Waals surface area contributed by atoms with Crippen LogP contribution in [0.3, 0.4) is 0 Å². The molecular weight excluding hydrogens is 587 g/mol. The fourth-order valence-corrected chi connectivity index (χ4v) is 6.45. The molecule has 10 heteroatoms. The van der Waals surface area contributed by atoms with Gasteiger partial charge in [0.25, 0.3) is 0 Å². The third-order valence-corrected chi connectivity index (χ3v) is 8.52. The third kappa shape index (κ3) is 7.29. The fraction of sp³-hybridized carbons (Fsp3) is 0.0690. The van der Waals surface area contributed by atoms with Gasteiger partial charge in [0.15, 0.2) is 16.7 Å². The highest BCUT2D eigenvalue weighted by Gasteiger charge is 2.13. The molecule has 6 rings (SSSR count). The molecule has 0 saturated carbocycles. The molecule has 0 amide bonds. The van der Waals surface area contributed by atoms with Crippen molar-refractivity contribution in [2.24, 2.45) is 0 Å². The molecule has 0 saturated heterocycles. The van der Waals surface area contributed by atoms with Crippen LogP contribution >= 0.6 is 59.2 Å². The Morgan fingerprint density at radius 2 is 1.64 bits per heavy atom.